The largest absolute Gasteiger partial charge is 0.451 e. The first-order chi connectivity index (χ1) is 12.6. The van der Waals surface area contributed by atoms with Gasteiger partial charge in [-0.25, -0.2) is 9.97 Å². The molecular formula is C19H18N4O3. The van der Waals surface area contributed by atoms with E-state index in [9.17, 15) is 9.59 Å². The van der Waals surface area contributed by atoms with Crippen LogP contribution in [-0.2, 0) is 0 Å². The first-order valence-electron chi connectivity index (χ1n) is 8.47. The topological polar surface area (TPSA) is 97.1 Å². The maximum absolute atomic E-state index is 12.4. The summed E-state index contributed by atoms with van der Waals surface area (Å²) in [6, 6.07) is 10.1. The average Bonchev–Trinajstić information content (AvgIpc) is 2.64. The van der Waals surface area contributed by atoms with E-state index in [2.05, 4.69) is 20.6 Å². The molecule has 2 N–H and O–H groups in total. The van der Waals surface area contributed by atoms with Crippen LogP contribution >= 0.6 is 0 Å². The Hall–Kier alpha value is -3.22. The second-order valence-electron chi connectivity index (χ2n) is 6.39. The van der Waals surface area contributed by atoms with E-state index in [1.165, 1.54) is 12.4 Å². The molecule has 4 rings (SSSR count). The highest BCUT2D eigenvalue weighted by Gasteiger charge is 2.33. The number of amides is 1. The number of nitrogens with zero attached hydrogens (tertiary/aromatic N) is 2. The van der Waals surface area contributed by atoms with Crippen molar-refractivity contribution in [2.75, 3.05) is 12.4 Å². The van der Waals surface area contributed by atoms with Crippen LogP contribution in [0.15, 0.2) is 51.9 Å². The number of carbonyl (C=O) groups excluding carboxylic acids is 1. The minimum absolute atomic E-state index is 0.0386. The Labute approximate surface area is 149 Å². The van der Waals surface area contributed by atoms with Crippen molar-refractivity contribution in [3.63, 3.8) is 0 Å². The van der Waals surface area contributed by atoms with Gasteiger partial charge in [-0.3, -0.25) is 9.59 Å². The lowest BCUT2D eigenvalue weighted by molar-refractivity contribution is 0.0880. The molecule has 0 bridgehead atoms. The molecule has 0 aliphatic heterocycles. The minimum Gasteiger partial charge on any atom is -0.451 e. The number of hydrogen-bond donors (Lipinski definition) is 2. The van der Waals surface area contributed by atoms with Crippen LogP contribution in [0.1, 0.15) is 35.0 Å². The normalized spacial score (nSPS) is 19.0. The maximum atomic E-state index is 12.4. The second kappa shape index (κ2) is 6.59. The Morgan fingerprint density at radius 2 is 2.00 bits per heavy atom. The zero-order valence-electron chi connectivity index (χ0n) is 14.2. The summed E-state index contributed by atoms with van der Waals surface area (Å²) in [5.41, 5.74) is 1.16. The summed E-state index contributed by atoms with van der Waals surface area (Å²) in [7, 11) is 1.81. The predicted molar refractivity (Wildman–Crippen MR) is 97.3 cm³/mol. The Bertz CT molecular complexity index is 1020. The third kappa shape index (κ3) is 3.03. The molecule has 2 heterocycles. The highest BCUT2D eigenvalue weighted by molar-refractivity contribution is 5.93. The molecule has 0 radical (unpaired) electrons. The quantitative estimate of drug-likeness (QED) is 0.749. The van der Waals surface area contributed by atoms with Gasteiger partial charge in [0.2, 0.25) is 0 Å². The van der Waals surface area contributed by atoms with Crippen LogP contribution in [0.3, 0.4) is 0 Å². The third-order valence-corrected chi connectivity index (χ3v) is 4.69. The van der Waals surface area contributed by atoms with E-state index in [1.807, 2.05) is 13.1 Å². The summed E-state index contributed by atoms with van der Waals surface area (Å²) < 4.78 is 5.57. The molecule has 1 aromatic carbocycles. The lowest BCUT2D eigenvalue weighted by Crippen LogP contribution is -2.43. The monoisotopic (exact) mass is 350 g/mol. The lowest BCUT2D eigenvalue weighted by atomic mass is 9.78. The molecule has 1 fully saturated rings. The molecule has 1 aliphatic rings. The van der Waals surface area contributed by atoms with Gasteiger partial charge in [-0.15, -0.1) is 0 Å². The molecule has 132 valence electrons. The number of nitrogens with one attached hydrogen (secondary N) is 2. The average molecular weight is 350 g/mol. The molecule has 1 saturated carbocycles. The van der Waals surface area contributed by atoms with Gasteiger partial charge in [-0.2, -0.15) is 0 Å². The fraction of sp³-hybridized carbons (Fsp3) is 0.263. The standard InChI is InChI=1S/C19H18N4O3/c1-20-18-8-14(21-10-22-18)11-6-12(7-11)23-19(25)17-9-15(24)13-4-2-3-5-16(13)26-17/h2-5,8-12H,6-7H2,1H3,(H,23,25)(H,20,21,22). The van der Waals surface area contributed by atoms with E-state index in [0.29, 0.717) is 16.9 Å². The SMILES string of the molecule is CNc1cc(C2CC(NC(=O)c3cc(=O)c4ccccc4o3)C2)ncn1. The van der Waals surface area contributed by atoms with E-state index in [0.717, 1.165) is 24.4 Å². The highest BCUT2D eigenvalue weighted by atomic mass is 16.3. The number of aromatic nitrogens is 2. The summed E-state index contributed by atoms with van der Waals surface area (Å²) in [6.45, 7) is 0. The lowest BCUT2D eigenvalue weighted by Gasteiger charge is -2.35. The Balaban J connectivity index is 1.43. The number of hydrogen-bond acceptors (Lipinski definition) is 6. The number of rotatable bonds is 4. The van der Waals surface area contributed by atoms with Gasteiger partial charge in [-0.05, 0) is 25.0 Å². The van der Waals surface area contributed by atoms with Crippen molar-refractivity contribution < 1.29 is 9.21 Å². The minimum atomic E-state index is -0.366. The zero-order valence-corrected chi connectivity index (χ0v) is 14.2. The van der Waals surface area contributed by atoms with Crippen LogP contribution in [0, 0.1) is 0 Å². The van der Waals surface area contributed by atoms with Gasteiger partial charge in [-0.1, -0.05) is 12.1 Å². The maximum Gasteiger partial charge on any atom is 0.287 e. The Morgan fingerprint density at radius 1 is 1.19 bits per heavy atom. The van der Waals surface area contributed by atoms with E-state index >= 15 is 0 Å². The molecule has 3 aromatic rings. The predicted octanol–water partition coefficient (Wildman–Crippen LogP) is 2.30. The highest BCUT2D eigenvalue weighted by Crippen LogP contribution is 2.36. The van der Waals surface area contributed by atoms with Crippen molar-refractivity contribution in [2.45, 2.75) is 24.8 Å². The van der Waals surface area contributed by atoms with Gasteiger partial charge in [0.25, 0.3) is 5.91 Å². The van der Waals surface area contributed by atoms with Gasteiger partial charge in [0.15, 0.2) is 11.2 Å². The van der Waals surface area contributed by atoms with Gasteiger partial charge in [0.05, 0.1) is 5.39 Å². The number of para-hydroxylation sites is 1. The van der Waals surface area contributed by atoms with Gasteiger partial charge >= 0.3 is 0 Å². The molecule has 26 heavy (non-hydrogen) atoms. The fourth-order valence-corrected chi connectivity index (χ4v) is 3.18. The number of benzene rings is 1. The number of fused-ring (bicyclic) bond motifs is 1. The van der Waals surface area contributed by atoms with E-state index in [4.69, 9.17) is 4.42 Å². The summed E-state index contributed by atoms with van der Waals surface area (Å²) >= 11 is 0. The Kier molecular flexibility index (Phi) is 4.12. The molecule has 0 spiro atoms. The first-order valence-corrected chi connectivity index (χ1v) is 8.47. The molecule has 0 unspecified atom stereocenters. The van der Waals surface area contributed by atoms with Crippen LogP contribution < -0.4 is 16.1 Å². The smallest absolute Gasteiger partial charge is 0.287 e. The fourth-order valence-electron chi connectivity index (χ4n) is 3.18. The molecular weight excluding hydrogens is 332 g/mol. The van der Waals surface area contributed by atoms with Crippen LogP contribution in [0.2, 0.25) is 0 Å². The van der Waals surface area contributed by atoms with Gasteiger partial charge in [0, 0.05) is 36.8 Å². The molecule has 2 aromatic heterocycles. The Morgan fingerprint density at radius 3 is 2.81 bits per heavy atom. The first kappa shape index (κ1) is 16.3. The van der Waals surface area contributed by atoms with E-state index < -0.39 is 0 Å². The molecule has 0 atom stereocenters. The summed E-state index contributed by atoms with van der Waals surface area (Å²) in [5.74, 6) is 0.742. The van der Waals surface area contributed by atoms with Crippen molar-refractivity contribution in [3.8, 4) is 0 Å². The van der Waals surface area contributed by atoms with Crippen LogP contribution in [-0.4, -0.2) is 29.0 Å². The number of carbonyl (C=O) groups is 1. The third-order valence-electron chi connectivity index (χ3n) is 4.69. The van der Waals surface area contributed by atoms with Crippen molar-refractivity contribution in [1.82, 2.24) is 15.3 Å². The van der Waals surface area contributed by atoms with Gasteiger partial charge < -0.3 is 15.1 Å². The second-order valence-corrected chi connectivity index (χ2v) is 6.39. The van der Waals surface area contributed by atoms with E-state index in [-0.39, 0.29) is 23.1 Å². The molecule has 1 amide bonds. The number of anilines is 1. The van der Waals surface area contributed by atoms with Crippen LogP contribution in [0.4, 0.5) is 5.82 Å². The van der Waals surface area contributed by atoms with Gasteiger partial charge in [0.1, 0.15) is 17.7 Å². The summed E-state index contributed by atoms with van der Waals surface area (Å²) in [4.78, 5) is 32.9. The van der Waals surface area contributed by atoms with Crippen molar-refractivity contribution in [2.24, 2.45) is 0 Å². The summed E-state index contributed by atoms with van der Waals surface area (Å²) in [5, 5.41) is 6.38. The molecule has 7 heteroatoms. The zero-order chi connectivity index (χ0) is 18.1. The van der Waals surface area contributed by atoms with Crippen molar-refractivity contribution in [3.05, 3.63) is 64.4 Å². The van der Waals surface area contributed by atoms with Crippen LogP contribution in [0.25, 0.3) is 11.0 Å². The molecule has 7 nitrogen and oxygen atoms in total. The van der Waals surface area contributed by atoms with Crippen molar-refractivity contribution in [1.29, 1.82) is 0 Å². The van der Waals surface area contributed by atoms with E-state index in [1.54, 1.807) is 24.3 Å². The summed E-state index contributed by atoms with van der Waals surface area (Å²) in [6.07, 6.45) is 3.13. The van der Waals surface area contributed by atoms with Crippen LogP contribution in [0.5, 0.6) is 0 Å². The molecule has 1 aliphatic carbocycles. The van der Waals surface area contributed by atoms with Crippen molar-refractivity contribution >= 4 is 22.7 Å². The molecule has 0 saturated heterocycles.